The molecule has 1 amide bonds. The number of thioether (sulfide) groups is 1. The first kappa shape index (κ1) is 14.5. The maximum Gasteiger partial charge on any atom is 0.259 e. The van der Waals surface area contributed by atoms with Gasteiger partial charge in [0.1, 0.15) is 0 Å². The minimum Gasteiger partial charge on any atom is -0.353 e. The van der Waals surface area contributed by atoms with Crippen LogP contribution in [0.2, 0.25) is 0 Å². The number of nitrogens with one attached hydrogen (secondary N) is 1. The predicted octanol–water partition coefficient (Wildman–Crippen LogP) is 2.06. The van der Waals surface area contributed by atoms with Crippen LogP contribution in [-0.2, 0) is 4.79 Å². The molecule has 0 atom stereocenters. The lowest BCUT2D eigenvalue weighted by molar-refractivity contribution is -0.119. The highest BCUT2D eigenvalue weighted by Gasteiger charge is 2.08. The Morgan fingerprint density at radius 3 is 2.80 bits per heavy atom. The number of rotatable bonds is 5. The van der Waals surface area contributed by atoms with E-state index in [0.29, 0.717) is 17.5 Å². The second-order valence-corrected chi connectivity index (χ2v) is 5.54. The standard InChI is InChI=1S/C13H16N4O2S/c1-8(2)15-11(18)7-20-12-5-4-10(6-14-12)13-16-9(3)17-19-13/h4-6,8H,7H2,1-3H3,(H,15,18). The third kappa shape index (κ3) is 4.06. The normalized spacial score (nSPS) is 10.8. The quantitative estimate of drug-likeness (QED) is 0.850. The van der Waals surface area contributed by atoms with Crippen molar-refractivity contribution in [3.05, 3.63) is 24.2 Å². The molecule has 2 heterocycles. The van der Waals surface area contributed by atoms with Crippen molar-refractivity contribution in [3.8, 4) is 11.5 Å². The number of hydrogen-bond acceptors (Lipinski definition) is 6. The van der Waals surface area contributed by atoms with Crippen LogP contribution < -0.4 is 5.32 Å². The molecule has 0 saturated heterocycles. The zero-order valence-corrected chi connectivity index (χ0v) is 12.4. The highest BCUT2D eigenvalue weighted by atomic mass is 32.2. The summed E-state index contributed by atoms with van der Waals surface area (Å²) in [5.41, 5.74) is 0.765. The number of nitrogens with zero attached hydrogens (tertiary/aromatic N) is 3. The Labute approximate surface area is 121 Å². The van der Waals surface area contributed by atoms with Crippen molar-refractivity contribution >= 4 is 17.7 Å². The molecule has 0 radical (unpaired) electrons. The van der Waals surface area contributed by atoms with Crippen molar-refractivity contribution in [1.82, 2.24) is 20.4 Å². The van der Waals surface area contributed by atoms with Gasteiger partial charge in [0, 0.05) is 12.2 Å². The summed E-state index contributed by atoms with van der Waals surface area (Å²) in [6.07, 6.45) is 1.66. The molecule has 0 bridgehead atoms. The van der Waals surface area contributed by atoms with Gasteiger partial charge in [-0.1, -0.05) is 16.9 Å². The van der Waals surface area contributed by atoms with E-state index in [1.54, 1.807) is 13.1 Å². The lowest BCUT2D eigenvalue weighted by Gasteiger charge is -2.07. The Kier molecular flexibility index (Phi) is 4.73. The van der Waals surface area contributed by atoms with Crippen LogP contribution in [0.1, 0.15) is 19.7 Å². The number of carbonyl (C=O) groups is 1. The van der Waals surface area contributed by atoms with Crippen molar-refractivity contribution in [1.29, 1.82) is 0 Å². The molecule has 0 aliphatic rings. The summed E-state index contributed by atoms with van der Waals surface area (Å²) in [6.45, 7) is 5.63. The van der Waals surface area contributed by atoms with Crippen LogP contribution in [-0.4, -0.2) is 32.8 Å². The van der Waals surface area contributed by atoms with Gasteiger partial charge in [0.25, 0.3) is 5.89 Å². The van der Waals surface area contributed by atoms with Crippen molar-refractivity contribution in [2.24, 2.45) is 0 Å². The zero-order valence-electron chi connectivity index (χ0n) is 11.6. The third-order valence-electron chi connectivity index (χ3n) is 2.31. The van der Waals surface area contributed by atoms with Crippen molar-refractivity contribution < 1.29 is 9.32 Å². The summed E-state index contributed by atoms with van der Waals surface area (Å²) in [5, 5.41) is 7.34. The van der Waals surface area contributed by atoms with E-state index in [9.17, 15) is 4.79 Å². The predicted molar refractivity (Wildman–Crippen MR) is 76.3 cm³/mol. The SMILES string of the molecule is Cc1noc(-c2ccc(SCC(=O)NC(C)C)nc2)n1. The van der Waals surface area contributed by atoms with Gasteiger partial charge in [-0.3, -0.25) is 4.79 Å². The third-order valence-corrected chi connectivity index (χ3v) is 3.26. The highest BCUT2D eigenvalue weighted by Crippen LogP contribution is 2.20. The molecule has 6 nitrogen and oxygen atoms in total. The lowest BCUT2D eigenvalue weighted by atomic mass is 10.3. The van der Waals surface area contributed by atoms with E-state index in [0.717, 1.165) is 10.6 Å². The van der Waals surface area contributed by atoms with Crippen molar-refractivity contribution in [3.63, 3.8) is 0 Å². The molecule has 20 heavy (non-hydrogen) atoms. The van der Waals surface area contributed by atoms with Gasteiger partial charge < -0.3 is 9.84 Å². The van der Waals surface area contributed by atoms with Gasteiger partial charge in [-0.2, -0.15) is 4.98 Å². The minimum absolute atomic E-state index is 0.00315. The first-order chi connectivity index (χ1) is 9.54. The summed E-state index contributed by atoms with van der Waals surface area (Å²) >= 11 is 1.39. The van der Waals surface area contributed by atoms with Crippen molar-refractivity contribution in [2.45, 2.75) is 31.8 Å². The maximum absolute atomic E-state index is 11.5. The molecular formula is C13H16N4O2S. The summed E-state index contributed by atoms with van der Waals surface area (Å²) in [4.78, 5) is 19.9. The number of hydrogen-bond donors (Lipinski definition) is 1. The van der Waals surface area contributed by atoms with Crippen molar-refractivity contribution in [2.75, 3.05) is 5.75 Å². The first-order valence-electron chi connectivity index (χ1n) is 6.23. The average Bonchev–Trinajstić information content (AvgIpc) is 2.83. The number of amides is 1. The lowest BCUT2D eigenvalue weighted by Crippen LogP contribution is -2.31. The number of pyridine rings is 1. The maximum atomic E-state index is 11.5. The molecule has 2 rings (SSSR count). The molecule has 0 saturated carbocycles. The van der Waals surface area contributed by atoms with E-state index in [1.165, 1.54) is 11.8 Å². The smallest absolute Gasteiger partial charge is 0.259 e. The largest absolute Gasteiger partial charge is 0.353 e. The topological polar surface area (TPSA) is 80.9 Å². The second-order valence-electron chi connectivity index (χ2n) is 4.54. The van der Waals surface area contributed by atoms with E-state index >= 15 is 0 Å². The molecule has 1 N–H and O–H groups in total. The fourth-order valence-electron chi connectivity index (χ4n) is 1.51. The van der Waals surface area contributed by atoms with E-state index < -0.39 is 0 Å². The molecule has 2 aromatic heterocycles. The molecular weight excluding hydrogens is 276 g/mol. The van der Waals surface area contributed by atoms with Gasteiger partial charge in [-0.15, -0.1) is 0 Å². The monoisotopic (exact) mass is 292 g/mol. The number of aryl methyl sites for hydroxylation is 1. The summed E-state index contributed by atoms with van der Waals surface area (Å²) in [7, 11) is 0. The molecule has 0 fully saturated rings. The van der Waals surface area contributed by atoms with Gasteiger partial charge in [-0.25, -0.2) is 4.98 Å². The van der Waals surface area contributed by atoms with Crippen LogP contribution in [0.15, 0.2) is 27.9 Å². The molecule has 0 aromatic carbocycles. The molecule has 0 aliphatic carbocycles. The van der Waals surface area contributed by atoms with Crippen LogP contribution >= 0.6 is 11.8 Å². The van der Waals surface area contributed by atoms with Crippen LogP contribution in [0.25, 0.3) is 11.5 Å². The van der Waals surface area contributed by atoms with Crippen LogP contribution in [0, 0.1) is 6.92 Å². The summed E-state index contributed by atoms with van der Waals surface area (Å²) < 4.78 is 5.06. The Morgan fingerprint density at radius 2 is 2.25 bits per heavy atom. The van der Waals surface area contributed by atoms with E-state index in [-0.39, 0.29) is 11.9 Å². The fraction of sp³-hybridized carbons (Fsp3) is 0.385. The Bertz CT molecular complexity index is 580. The summed E-state index contributed by atoms with van der Waals surface area (Å²) in [5.74, 6) is 1.39. The molecule has 0 spiro atoms. The minimum atomic E-state index is 0.00315. The van der Waals surface area contributed by atoms with Gasteiger partial charge in [0.15, 0.2) is 5.82 Å². The number of carbonyl (C=O) groups excluding carboxylic acids is 1. The Morgan fingerprint density at radius 1 is 1.45 bits per heavy atom. The molecule has 0 unspecified atom stereocenters. The zero-order chi connectivity index (χ0) is 14.5. The first-order valence-corrected chi connectivity index (χ1v) is 7.22. The Balaban J connectivity index is 1.93. The van der Waals surface area contributed by atoms with Gasteiger partial charge in [0.05, 0.1) is 16.3 Å². The highest BCUT2D eigenvalue weighted by molar-refractivity contribution is 7.99. The van der Waals surface area contributed by atoms with Crippen LogP contribution in [0.5, 0.6) is 0 Å². The van der Waals surface area contributed by atoms with Crippen LogP contribution in [0.3, 0.4) is 0 Å². The van der Waals surface area contributed by atoms with E-state index in [4.69, 9.17) is 4.52 Å². The van der Waals surface area contributed by atoms with E-state index in [2.05, 4.69) is 20.4 Å². The number of aromatic nitrogens is 3. The average molecular weight is 292 g/mol. The van der Waals surface area contributed by atoms with E-state index in [1.807, 2.05) is 26.0 Å². The van der Waals surface area contributed by atoms with Crippen LogP contribution in [0.4, 0.5) is 0 Å². The fourth-order valence-corrected chi connectivity index (χ4v) is 2.16. The molecule has 0 aliphatic heterocycles. The molecule has 7 heteroatoms. The van der Waals surface area contributed by atoms with Gasteiger partial charge in [0.2, 0.25) is 5.91 Å². The van der Waals surface area contributed by atoms with Gasteiger partial charge >= 0.3 is 0 Å². The molecule has 2 aromatic rings. The molecule has 106 valence electrons. The summed E-state index contributed by atoms with van der Waals surface area (Å²) in [6, 6.07) is 3.84. The van der Waals surface area contributed by atoms with Gasteiger partial charge in [-0.05, 0) is 32.9 Å². The Hall–Kier alpha value is -1.89. The second kappa shape index (κ2) is 6.51.